The van der Waals surface area contributed by atoms with Crippen LogP contribution in [0.1, 0.15) is 48.0 Å². The minimum atomic E-state index is -4.24. The van der Waals surface area contributed by atoms with E-state index < -0.39 is 18.7 Å². The smallest absolute Gasteiger partial charge is 0.401 e. The molecule has 276 valence electrons. The van der Waals surface area contributed by atoms with Crippen LogP contribution in [0.2, 0.25) is 0 Å². The van der Waals surface area contributed by atoms with Gasteiger partial charge in [-0.2, -0.15) is 13.2 Å². The topological polar surface area (TPSA) is 117 Å². The molecule has 1 aromatic heterocycles. The number of halogens is 3. The molecule has 1 saturated carbocycles. The molecule has 2 aromatic carbocycles. The highest BCUT2D eigenvalue weighted by molar-refractivity contribution is 6.13. The predicted octanol–water partition coefficient (Wildman–Crippen LogP) is 4.79. The van der Waals surface area contributed by atoms with E-state index in [1.54, 1.807) is 24.4 Å². The average Bonchev–Trinajstić information content (AvgIpc) is 3.69. The Kier molecular flexibility index (Phi) is 11.2. The molecule has 14 heteroatoms. The van der Waals surface area contributed by atoms with Crippen LogP contribution in [-0.2, 0) is 27.8 Å². The molecular weight excluding hydrogens is 667 g/mol. The number of carboxylic acids is 1. The van der Waals surface area contributed by atoms with Gasteiger partial charge in [0.1, 0.15) is 5.75 Å². The first-order valence-corrected chi connectivity index (χ1v) is 17.6. The first-order chi connectivity index (χ1) is 24.4. The highest BCUT2D eigenvalue weighted by Gasteiger charge is 2.40. The lowest BCUT2D eigenvalue weighted by Gasteiger charge is -2.38. The highest BCUT2D eigenvalue weighted by atomic mass is 19.4. The quantitative estimate of drug-likeness (QED) is 0.292. The summed E-state index contributed by atoms with van der Waals surface area (Å²) in [5, 5.41) is 13.1. The van der Waals surface area contributed by atoms with E-state index in [0.717, 1.165) is 10.9 Å². The molecule has 2 amide bonds. The lowest BCUT2D eigenvalue weighted by molar-refractivity contribution is -0.150. The number of carbonyl (C=O) groups is 3. The summed E-state index contributed by atoms with van der Waals surface area (Å²) in [4.78, 5) is 44.1. The fourth-order valence-electron chi connectivity index (χ4n) is 7.82. The predicted molar refractivity (Wildman–Crippen MR) is 185 cm³/mol. The van der Waals surface area contributed by atoms with Crippen LogP contribution in [0.3, 0.4) is 0 Å². The number of amides is 2. The Morgan fingerprint density at radius 3 is 2.41 bits per heavy atom. The molecule has 6 rings (SSSR count). The number of methoxy groups -OCH3 is 1. The summed E-state index contributed by atoms with van der Waals surface area (Å²) >= 11 is 0. The Hall–Kier alpha value is -4.14. The number of rotatable bonds is 11. The number of carbonyl (C=O) groups excluding carboxylic acids is 2. The standard InChI is InChI=1S/C37H46F3N5O6/c1-42-21-30(29-5-3-4-6-32(29)42)35(47)41-31-12-7-24(17-33(31)50-2)18-34(46)45-20-26(44-15-13-43(14-16-44)23-37(38,39)40)19-27(45)22-51-28-10-8-25(9-11-28)36(48)49/h3-7,12,17,21,25-28H,8-11,13-16,18-20,22-23H2,1-2H3,(H,41,47)(H,48,49)/t25?,26-,27-,28?/m0/s1. The van der Waals surface area contributed by atoms with Crippen molar-refractivity contribution in [1.29, 1.82) is 0 Å². The van der Waals surface area contributed by atoms with Crippen molar-refractivity contribution in [3.05, 3.63) is 59.8 Å². The van der Waals surface area contributed by atoms with Gasteiger partial charge in [-0.05, 0) is 55.9 Å². The van der Waals surface area contributed by atoms with E-state index in [1.165, 1.54) is 12.0 Å². The van der Waals surface area contributed by atoms with Crippen LogP contribution in [0.5, 0.6) is 5.75 Å². The fraction of sp³-hybridized carbons (Fsp3) is 0.541. The Balaban J connectivity index is 1.12. The van der Waals surface area contributed by atoms with Gasteiger partial charge in [-0.25, -0.2) is 0 Å². The molecular formula is C37H46F3N5O6. The number of hydrogen-bond acceptors (Lipinski definition) is 7. The van der Waals surface area contributed by atoms with Crippen molar-refractivity contribution in [2.75, 3.05) is 58.3 Å². The number of piperazine rings is 1. The van der Waals surface area contributed by atoms with Crippen molar-refractivity contribution in [3.8, 4) is 5.75 Å². The monoisotopic (exact) mass is 713 g/mol. The minimum absolute atomic E-state index is 0.0143. The first-order valence-electron chi connectivity index (χ1n) is 17.6. The third-order valence-corrected chi connectivity index (χ3v) is 10.6. The maximum atomic E-state index is 13.9. The number of para-hydroxylation sites is 1. The molecule has 3 aromatic rings. The Bertz CT molecular complexity index is 1710. The lowest BCUT2D eigenvalue weighted by Crippen LogP contribution is -2.52. The molecule has 3 fully saturated rings. The van der Waals surface area contributed by atoms with E-state index in [0.29, 0.717) is 94.0 Å². The van der Waals surface area contributed by atoms with Crippen LogP contribution >= 0.6 is 0 Å². The summed E-state index contributed by atoms with van der Waals surface area (Å²) in [6.45, 7) is 1.40. The number of ether oxygens (including phenoxy) is 2. The summed E-state index contributed by atoms with van der Waals surface area (Å²) in [6.07, 6.45) is 0.579. The largest absolute Gasteiger partial charge is 0.495 e. The maximum absolute atomic E-state index is 13.9. The summed E-state index contributed by atoms with van der Waals surface area (Å²) in [5.41, 5.74) is 2.64. The molecule has 0 spiro atoms. The Labute approximate surface area is 295 Å². The number of aromatic nitrogens is 1. The summed E-state index contributed by atoms with van der Waals surface area (Å²) in [7, 11) is 3.39. The van der Waals surface area contributed by atoms with Gasteiger partial charge in [0.2, 0.25) is 5.91 Å². The number of likely N-dealkylation sites (tertiary alicyclic amines) is 1. The molecule has 2 atom stereocenters. The van der Waals surface area contributed by atoms with Crippen molar-refractivity contribution < 1.29 is 42.1 Å². The SMILES string of the molecule is COc1cc(CC(=O)N2C[C@@H](N3CCN(CC(F)(F)F)CC3)C[C@H]2COC2CCC(C(=O)O)CC2)ccc1NC(=O)c1cn(C)c2ccccc12. The molecule has 2 saturated heterocycles. The summed E-state index contributed by atoms with van der Waals surface area (Å²) < 4.78 is 52.8. The number of nitrogens with one attached hydrogen (secondary N) is 1. The van der Waals surface area contributed by atoms with Gasteiger partial charge in [0, 0.05) is 62.9 Å². The number of aryl methyl sites for hydroxylation is 1. The summed E-state index contributed by atoms with van der Waals surface area (Å²) in [6, 6.07) is 12.7. The van der Waals surface area contributed by atoms with E-state index in [2.05, 4.69) is 10.2 Å². The molecule has 2 N–H and O–H groups in total. The van der Waals surface area contributed by atoms with Crippen LogP contribution < -0.4 is 10.1 Å². The molecule has 51 heavy (non-hydrogen) atoms. The lowest BCUT2D eigenvalue weighted by atomic mass is 9.87. The minimum Gasteiger partial charge on any atom is -0.495 e. The van der Waals surface area contributed by atoms with Gasteiger partial charge in [0.25, 0.3) is 5.91 Å². The third kappa shape index (κ3) is 8.85. The van der Waals surface area contributed by atoms with Crippen molar-refractivity contribution in [1.82, 2.24) is 19.3 Å². The van der Waals surface area contributed by atoms with Crippen LogP contribution in [0, 0.1) is 5.92 Å². The van der Waals surface area contributed by atoms with E-state index in [-0.39, 0.29) is 42.3 Å². The molecule has 3 aliphatic rings. The zero-order valence-corrected chi connectivity index (χ0v) is 29.0. The van der Waals surface area contributed by atoms with Gasteiger partial charge in [0.15, 0.2) is 0 Å². The van der Waals surface area contributed by atoms with Gasteiger partial charge in [-0.15, -0.1) is 0 Å². The fourth-order valence-corrected chi connectivity index (χ4v) is 7.82. The van der Waals surface area contributed by atoms with Gasteiger partial charge in [-0.3, -0.25) is 24.2 Å². The number of nitrogens with zero attached hydrogens (tertiary/aromatic N) is 4. The zero-order chi connectivity index (χ0) is 36.3. The zero-order valence-electron chi connectivity index (χ0n) is 29.0. The molecule has 2 aliphatic heterocycles. The van der Waals surface area contributed by atoms with Crippen molar-refractivity contribution in [2.24, 2.45) is 13.0 Å². The third-order valence-electron chi connectivity index (χ3n) is 10.6. The molecule has 0 radical (unpaired) electrons. The van der Waals surface area contributed by atoms with E-state index in [9.17, 15) is 32.7 Å². The number of anilines is 1. The Morgan fingerprint density at radius 1 is 1.00 bits per heavy atom. The number of hydrogen-bond donors (Lipinski definition) is 2. The number of carboxylic acid groups (broad SMARTS) is 1. The van der Waals surface area contributed by atoms with Crippen LogP contribution in [-0.4, -0.2) is 120 Å². The van der Waals surface area contributed by atoms with Gasteiger partial charge in [-0.1, -0.05) is 24.3 Å². The highest BCUT2D eigenvalue weighted by Crippen LogP contribution is 2.32. The summed E-state index contributed by atoms with van der Waals surface area (Å²) in [5.74, 6) is -1.11. The van der Waals surface area contributed by atoms with Gasteiger partial charge in [0.05, 0.1) is 56.0 Å². The second-order valence-electron chi connectivity index (χ2n) is 14.0. The van der Waals surface area contributed by atoms with Crippen LogP contribution in [0.25, 0.3) is 10.9 Å². The average molecular weight is 714 g/mol. The second-order valence-corrected chi connectivity index (χ2v) is 14.0. The number of fused-ring (bicyclic) bond motifs is 1. The van der Waals surface area contributed by atoms with Crippen molar-refractivity contribution in [2.45, 2.75) is 62.9 Å². The number of aliphatic carboxylic acids is 1. The van der Waals surface area contributed by atoms with Crippen molar-refractivity contribution in [3.63, 3.8) is 0 Å². The molecule has 0 bridgehead atoms. The molecule has 3 heterocycles. The first kappa shape index (κ1) is 36.6. The van der Waals surface area contributed by atoms with Crippen LogP contribution in [0.15, 0.2) is 48.7 Å². The second kappa shape index (κ2) is 15.6. The van der Waals surface area contributed by atoms with Crippen LogP contribution in [0.4, 0.5) is 18.9 Å². The van der Waals surface area contributed by atoms with Gasteiger partial charge < -0.3 is 29.4 Å². The maximum Gasteiger partial charge on any atom is 0.401 e. The number of alkyl halides is 3. The Morgan fingerprint density at radius 2 is 1.73 bits per heavy atom. The molecule has 0 unspecified atom stereocenters. The normalized spacial score (nSPS) is 23.4. The molecule has 11 nitrogen and oxygen atoms in total. The van der Waals surface area contributed by atoms with E-state index >= 15 is 0 Å². The number of benzene rings is 2. The van der Waals surface area contributed by atoms with Gasteiger partial charge >= 0.3 is 12.1 Å². The van der Waals surface area contributed by atoms with E-state index in [4.69, 9.17) is 9.47 Å². The van der Waals surface area contributed by atoms with Crippen molar-refractivity contribution >= 4 is 34.4 Å². The molecule has 1 aliphatic carbocycles. The van der Waals surface area contributed by atoms with E-state index in [1.807, 2.05) is 40.8 Å².